The number of rotatable bonds is 11. The summed E-state index contributed by atoms with van der Waals surface area (Å²) < 4.78 is 38.8. The van der Waals surface area contributed by atoms with Crippen LogP contribution < -0.4 is 14.8 Å². The van der Waals surface area contributed by atoms with Gasteiger partial charge in [0.05, 0.1) is 25.4 Å². The van der Waals surface area contributed by atoms with Gasteiger partial charge in [0.15, 0.2) is 0 Å². The van der Waals surface area contributed by atoms with Crippen molar-refractivity contribution in [1.29, 1.82) is 0 Å². The van der Waals surface area contributed by atoms with E-state index in [1.54, 1.807) is 13.8 Å². The number of aryl methyl sites for hydroxylation is 1. The van der Waals surface area contributed by atoms with E-state index in [0.717, 1.165) is 25.7 Å². The van der Waals surface area contributed by atoms with Gasteiger partial charge in [-0.05, 0) is 78.7 Å². The smallest absolute Gasteiger partial charge is 0.368 e. The molecule has 1 aliphatic heterocycles. The first-order valence-corrected chi connectivity index (χ1v) is 15.5. The molecule has 0 amide bonds. The van der Waals surface area contributed by atoms with Gasteiger partial charge in [-0.15, -0.1) is 0 Å². The molecule has 0 unspecified atom stereocenters. The molecule has 1 heterocycles. The third kappa shape index (κ3) is 6.07. The van der Waals surface area contributed by atoms with Crippen LogP contribution in [0.4, 0.5) is 0 Å². The van der Waals surface area contributed by atoms with Gasteiger partial charge in [0, 0.05) is 23.5 Å². The molecule has 0 spiro atoms. The van der Waals surface area contributed by atoms with Crippen LogP contribution in [0, 0.1) is 5.92 Å². The van der Waals surface area contributed by atoms with E-state index in [-0.39, 0.29) is 48.0 Å². The maximum absolute atomic E-state index is 14.3. The summed E-state index contributed by atoms with van der Waals surface area (Å²) >= 11 is 0. The van der Waals surface area contributed by atoms with Gasteiger partial charge in [-0.3, -0.25) is 4.57 Å². The van der Waals surface area contributed by atoms with E-state index in [2.05, 4.69) is 12.1 Å². The topological polar surface area (TPSA) is 94.5 Å². The van der Waals surface area contributed by atoms with Gasteiger partial charge in [0.25, 0.3) is 0 Å². The first-order chi connectivity index (χ1) is 18.1. The molecule has 2 aromatic carbocycles. The summed E-state index contributed by atoms with van der Waals surface area (Å²) in [5.41, 5.74) is 1.22. The number of aliphatic hydroxyl groups excluding tert-OH is 1. The van der Waals surface area contributed by atoms with Crippen molar-refractivity contribution in [1.82, 2.24) is 0 Å². The number of ether oxygens (including phenoxy) is 2. The van der Waals surface area contributed by atoms with Crippen molar-refractivity contribution in [2.45, 2.75) is 96.9 Å². The van der Waals surface area contributed by atoms with Gasteiger partial charge < -0.3 is 28.7 Å². The summed E-state index contributed by atoms with van der Waals surface area (Å²) in [5, 5.41) is 22.1. The van der Waals surface area contributed by atoms with Crippen molar-refractivity contribution < 1.29 is 33.3 Å². The zero-order valence-electron chi connectivity index (χ0n) is 23.3. The van der Waals surface area contributed by atoms with Crippen molar-refractivity contribution in [2.75, 3.05) is 13.2 Å². The number of aromatic hydroxyl groups is 1. The van der Waals surface area contributed by atoms with Crippen LogP contribution >= 0.6 is 7.60 Å². The standard InChI is InChI=1S/C30H43O7P/c1-6-34-38(33,35-7-2)29-26(36-20(3)12-11-15-21-13-9-8-10-14-21)19-25(32)27-23-18-22(31)16-17-24(23)30(4,5)37-28(27)29/h8-10,13-14,19-20,22-24,31-32H,6-7,11-12,15-18H2,1-5H3/t20-,22+,23+,24+/m0/s1. The molecule has 210 valence electrons. The molecule has 4 atom stereocenters. The third-order valence-electron chi connectivity index (χ3n) is 7.81. The summed E-state index contributed by atoms with van der Waals surface area (Å²) in [4.78, 5) is 0. The molecule has 1 fully saturated rings. The Morgan fingerprint density at radius 3 is 2.47 bits per heavy atom. The lowest BCUT2D eigenvalue weighted by Crippen LogP contribution is -2.48. The quantitative estimate of drug-likeness (QED) is 0.311. The predicted molar refractivity (Wildman–Crippen MR) is 149 cm³/mol. The summed E-state index contributed by atoms with van der Waals surface area (Å²) in [7, 11) is -3.86. The van der Waals surface area contributed by atoms with Gasteiger partial charge in [0.1, 0.15) is 28.2 Å². The fourth-order valence-corrected chi connectivity index (χ4v) is 7.91. The number of hydrogen-bond donors (Lipinski definition) is 2. The van der Waals surface area contributed by atoms with Gasteiger partial charge in [-0.25, -0.2) is 0 Å². The van der Waals surface area contributed by atoms with Crippen molar-refractivity contribution in [3.63, 3.8) is 0 Å². The number of aliphatic hydroxyl groups is 1. The van der Waals surface area contributed by atoms with E-state index in [0.29, 0.717) is 24.2 Å². The molecule has 2 aliphatic rings. The minimum absolute atomic E-state index is 0.0226. The lowest BCUT2D eigenvalue weighted by Gasteiger charge is -2.49. The average molecular weight is 547 g/mol. The molecular weight excluding hydrogens is 503 g/mol. The Balaban J connectivity index is 1.73. The van der Waals surface area contributed by atoms with Gasteiger partial charge in [0.2, 0.25) is 0 Å². The highest BCUT2D eigenvalue weighted by Gasteiger charge is 2.51. The van der Waals surface area contributed by atoms with Crippen LogP contribution in [0.5, 0.6) is 17.2 Å². The Hall–Kier alpha value is -2.05. The van der Waals surface area contributed by atoms with Crippen LogP contribution in [0.1, 0.15) is 83.8 Å². The highest BCUT2D eigenvalue weighted by atomic mass is 31.2. The molecule has 8 heteroatoms. The van der Waals surface area contributed by atoms with E-state index in [1.165, 1.54) is 11.6 Å². The number of hydrogen-bond acceptors (Lipinski definition) is 7. The van der Waals surface area contributed by atoms with E-state index >= 15 is 0 Å². The lowest BCUT2D eigenvalue weighted by molar-refractivity contribution is -0.0312. The van der Waals surface area contributed by atoms with Gasteiger partial charge in [-0.1, -0.05) is 30.3 Å². The Labute approximate surface area is 227 Å². The molecule has 7 nitrogen and oxygen atoms in total. The minimum atomic E-state index is -3.86. The second-order valence-corrected chi connectivity index (χ2v) is 13.0. The largest absolute Gasteiger partial charge is 0.507 e. The highest BCUT2D eigenvalue weighted by Crippen LogP contribution is 2.60. The van der Waals surface area contributed by atoms with Crippen LogP contribution in [0.3, 0.4) is 0 Å². The third-order valence-corrected chi connectivity index (χ3v) is 9.97. The van der Waals surface area contributed by atoms with Crippen LogP contribution in [0.25, 0.3) is 0 Å². The second kappa shape index (κ2) is 12.0. The molecule has 0 bridgehead atoms. The molecule has 2 N–H and O–H groups in total. The minimum Gasteiger partial charge on any atom is -0.507 e. The molecule has 38 heavy (non-hydrogen) atoms. The Morgan fingerprint density at radius 1 is 1.13 bits per heavy atom. The number of phenolic OH excluding ortho intramolecular Hbond substituents is 1. The number of benzene rings is 2. The average Bonchev–Trinajstić information content (AvgIpc) is 2.84. The second-order valence-electron chi connectivity index (χ2n) is 11.0. The molecule has 2 aromatic rings. The van der Waals surface area contributed by atoms with Gasteiger partial charge >= 0.3 is 7.60 Å². The fourth-order valence-electron chi connectivity index (χ4n) is 6.10. The zero-order chi connectivity index (χ0) is 27.5. The maximum Gasteiger partial charge on any atom is 0.368 e. The monoisotopic (exact) mass is 546 g/mol. The Kier molecular flexibility index (Phi) is 9.14. The predicted octanol–water partition coefficient (Wildman–Crippen LogP) is 6.49. The Bertz CT molecular complexity index is 1120. The van der Waals surface area contributed by atoms with Crippen LogP contribution in [-0.4, -0.2) is 41.2 Å². The first kappa shape index (κ1) is 28.9. The fraction of sp³-hybridized carbons (Fsp3) is 0.600. The van der Waals surface area contributed by atoms with Crippen LogP contribution in [0.2, 0.25) is 0 Å². The van der Waals surface area contributed by atoms with E-state index < -0.39 is 19.3 Å². The molecule has 0 saturated heterocycles. The molecule has 1 saturated carbocycles. The summed E-state index contributed by atoms with van der Waals surface area (Å²) in [6.07, 6.45) is 3.89. The van der Waals surface area contributed by atoms with E-state index in [9.17, 15) is 14.8 Å². The van der Waals surface area contributed by atoms with Crippen molar-refractivity contribution >= 4 is 12.9 Å². The number of phenols is 1. The van der Waals surface area contributed by atoms with Crippen LogP contribution in [0.15, 0.2) is 36.4 Å². The summed E-state index contributed by atoms with van der Waals surface area (Å²) in [6.45, 7) is 9.87. The molecule has 0 aromatic heterocycles. The molecule has 4 rings (SSSR count). The SMILES string of the molecule is CCOP(=O)(OCC)c1c(O[C@@H](C)CCCc2ccccc2)cc(O)c2c1OC(C)(C)[C@@H]1CC[C@@H](O)C[C@@H]21. The molecular formula is C30H43O7P. The summed E-state index contributed by atoms with van der Waals surface area (Å²) in [6, 6.07) is 11.8. The van der Waals surface area contributed by atoms with Gasteiger partial charge in [-0.2, -0.15) is 0 Å². The normalized spacial score (nSPS) is 23.2. The molecule has 1 aliphatic carbocycles. The highest BCUT2D eigenvalue weighted by molar-refractivity contribution is 7.62. The van der Waals surface area contributed by atoms with Crippen molar-refractivity contribution in [3.8, 4) is 17.2 Å². The lowest BCUT2D eigenvalue weighted by atomic mass is 9.66. The van der Waals surface area contributed by atoms with Crippen molar-refractivity contribution in [3.05, 3.63) is 47.5 Å². The van der Waals surface area contributed by atoms with Crippen molar-refractivity contribution in [2.24, 2.45) is 5.92 Å². The first-order valence-electron chi connectivity index (χ1n) is 14.0. The zero-order valence-corrected chi connectivity index (χ0v) is 24.2. The molecule has 0 radical (unpaired) electrons. The Morgan fingerprint density at radius 2 is 1.82 bits per heavy atom. The summed E-state index contributed by atoms with van der Waals surface area (Å²) in [5.74, 6) is 0.533. The van der Waals surface area contributed by atoms with E-state index in [1.807, 2.05) is 39.0 Å². The van der Waals surface area contributed by atoms with E-state index in [4.69, 9.17) is 18.5 Å². The van der Waals surface area contributed by atoms with Crippen LogP contribution in [-0.2, 0) is 20.0 Å². The number of fused-ring (bicyclic) bond motifs is 3. The maximum atomic E-state index is 14.3.